The highest BCUT2D eigenvalue weighted by Gasteiger charge is 2.06. The molecule has 0 bridgehead atoms. The molecule has 4 nitrogen and oxygen atoms in total. The summed E-state index contributed by atoms with van der Waals surface area (Å²) < 4.78 is 28.7. The Balaban J connectivity index is 2.11. The summed E-state index contributed by atoms with van der Waals surface area (Å²) in [6.07, 6.45) is 1.36. The highest BCUT2D eigenvalue weighted by Crippen LogP contribution is 2.25. The monoisotopic (exact) mass is 263 g/mol. The average molecular weight is 263 g/mol. The SMILES string of the molecule is COc1ccc(COc2cc(F)ccn2)c(OC)c1. The van der Waals surface area contributed by atoms with Gasteiger partial charge in [-0.1, -0.05) is 0 Å². The normalized spacial score (nSPS) is 10.1. The van der Waals surface area contributed by atoms with Crippen molar-refractivity contribution < 1.29 is 18.6 Å². The van der Waals surface area contributed by atoms with Gasteiger partial charge in [-0.05, 0) is 18.2 Å². The molecule has 100 valence electrons. The molecule has 0 aliphatic carbocycles. The summed E-state index contributed by atoms with van der Waals surface area (Å²) in [6.45, 7) is 0.240. The molecule has 0 aliphatic heterocycles. The lowest BCUT2D eigenvalue weighted by Gasteiger charge is -2.11. The van der Waals surface area contributed by atoms with Crippen LogP contribution in [0.3, 0.4) is 0 Å². The van der Waals surface area contributed by atoms with Crippen molar-refractivity contribution >= 4 is 0 Å². The van der Waals surface area contributed by atoms with Gasteiger partial charge in [0.1, 0.15) is 23.9 Å². The lowest BCUT2D eigenvalue weighted by atomic mass is 10.2. The van der Waals surface area contributed by atoms with Gasteiger partial charge in [0.05, 0.1) is 14.2 Å². The van der Waals surface area contributed by atoms with E-state index in [0.717, 1.165) is 5.56 Å². The van der Waals surface area contributed by atoms with Crippen LogP contribution in [0.2, 0.25) is 0 Å². The number of methoxy groups -OCH3 is 2. The third-order valence-electron chi connectivity index (χ3n) is 2.57. The van der Waals surface area contributed by atoms with Crippen molar-refractivity contribution in [3.05, 3.63) is 47.9 Å². The number of rotatable bonds is 5. The van der Waals surface area contributed by atoms with Gasteiger partial charge in [-0.25, -0.2) is 9.37 Å². The zero-order chi connectivity index (χ0) is 13.7. The Hall–Kier alpha value is -2.30. The predicted octanol–water partition coefficient (Wildman–Crippen LogP) is 2.82. The Morgan fingerprint density at radius 2 is 1.95 bits per heavy atom. The van der Waals surface area contributed by atoms with Gasteiger partial charge in [0.25, 0.3) is 0 Å². The third kappa shape index (κ3) is 3.34. The van der Waals surface area contributed by atoms with Crippen molar-refractivity contribution in [3.8, 4) is 17.4 Å². The van der Waals surface area contributed by atoms with Gasteiger partial charge in [-0.2, -0.15) is 0 Å². The molecule has 0 saturated heterocycles. The van der Waals surface area contributed by atoms with Crippen LogP contribution in [0, 0.1) is 5.82 Å². The van der Waals surface area contributed by atoms with E-state index in [1.54, 1.807) is 26.4 Å². The first-order valence-corrected chi connectivity index (χ1v) is 5.68. The topological polar surface area (TPSA) is 40.6 Å². The second kappa shape index (κ2) is 6.04. The van der Waals surface area contributed by atoms with Crippen molar-refractivity contribution in [3.63, 3.8) is 0 Å². The second-order valence-electron chi connectivity index (χ2n) is 3.78. The smallest absolute Gasteiger partial charge is 0.216 e. The van der Waals surface area contributed by atoms with Gasteiger partial charge in [0, 0.05) is 23.9 Å². The van der Waals surface area contributed by atoms with Crippen molar-refractivity contribution in [2.24, 2.45) is 0 Å². The molecule has 0 atom stereocenters. The number of halogens is 1. The number of nitrogens with zero attached hydrogens (tertiary/aromatic N) is 1. The van der Waals surface area contributed by atoms with Crippen LogP contribution >= 0.6 is 0 Å². The Kier molecular flexibility index (Phi) is 4.18. The fourth-order valence-corrected chi connectivity index (χ4v) is 1.59. The van der Waals surface area contributed by atoms with Gasteiger partial charge in [-0.15, -0.1) is 0 Å². The first kappa shape index (κ1) is 13.1. The lowest BCUT2D eigenvalue weighted by Crippen LogP contribution is -2.00. The van der Waals surface area contributed by atoms with E-state index in [9.17, 15) is 4.39 Å². The molecule has 0 fully saturated rings. The lowest BCUT2D eigenvalue weighted by molar-refractivity contribution is 0.283. The van der Waals surface area contributed by atoms with Crippen molar-refractivity contribution in [1.29, 1.82) is 0 Å². The maximum absolute atomic E-state index is 13.0. The van der Waals surface area contributed by atoms with Crippen LogP contribution in [-0.2, 0) is 6.61 Å². The molecule has 0 unspecified atom stereocenters. The molecule has 5 heteroatoms. The van der Waals surface area contributed by atoms with Gasteiger partial charge < -0.3 is 14.2 Å². The number of pyridine rings is 1. The quantitative estimate of drug-likeness (QED) is 0.831. The fraction of sp³-hybridized carbons (Fsp3) is 0.214. The molecule has 0 saturated carbocycles. The van der Waals surface area contributed by atoms with Crippen molar-refractivity contribution in [1.82, 2.24) is 4.98 Å². The zero-order valence-electron chi connectivity index (χ0n) is 10.7. The van der Waals surface area contributed by atoms with Gasteiger partial charge in [0.2, 0.25) is 5.88 Å². The number of hydrogen-bond donors (Lipinski definition) is 0. The minimum atomic E-state index is -0.383. The van der Waals surface area contributed by atoms with Gasteiger partial charge in [-0.3, -0.25) is 0 Å². The Labute approximate surface area is 110 Å². The van der Waals surface area contributed by atoms with Gasteiger partial charge >= 0.3 is 0 Å². The summed E-state index contributed by atoms with van der Waals surface area (Å²) in [4.78, 5) is 3.92. The standard InChI is InChI=1S/C14H14FNO3/c1-17-12-4-3-10(13(8-12)18-2)9-19-14-7-11(15)5-6-16-14/h3-8H,9H2,1-2H3. The van der Waals surface area contributed by atoms with E-state index in [2.05, 4.69) is 4.98 Å². The van der Waals surface area contributed by atoms with E-state index >= 15 is 0 Å². The molecular formula is C14H14FNO3. The van der Waals surface area contributed by atoms with E-state index in [0.29, 0.717) is 11.5 Å². The van der Waals surface area contributed by atoms with E-state index in [1.165, 1.54) is 18.3 Å². The number of ether oxygens (including phenoxy) is 3. The highest BCUT2D eigenvalue weighted by atomic mass is 19.1. The summed E-state index contributed by atoms with van der Waals surface area (Å²) in [5, 5.41) is 0. The van der Waals surface area contributed by atoms with Crippen LogP contribution < -0.4 is 14.2 Å². The molecule has 0 spiro atoms. The van der Waals surface area contributed by atoms with Crippen LogP contribution in [0.5, 0.6) is 17.4 Å². The average Bonchev–Trinajstić information content (AvgIpc) is 2.45. The number of aromatic nitrogens is 1. The van der Waals surface area contributed by atoms with Gasteiger partial charge in [0.15, 0.2) is 0 Å². The molecular weight excluding hydrogens is 249 g/mol. The molecule has 2 rings (SSSR count). The van der Waals surface area contributed by atoms with E-state index < -0.39 is 0 Å². The highest BCUT2D eigenvalue weighted by molar-refractivity contribution is 5.40. The molecule has 1 aromatic heterocycles. The summed E-state index contributed by atoms with van der Waals surface area (Å²) in [7, 11) is 3.15. The second-order valence-corrected chi connectivity index (χ2v) is 3.78. The van der Waals surface area contributed by atoms with E-state index in [1.807, 2.05) is 6.07 Å². The Morgan fingerprint density at radius 3 is 2.63 bits per heavy atom. The predicted molar refractivity (Wildman–Crippen MR) is 68.1 cm³/mol. The molecule has 0 aliphatic rings. The summed E-state index contributed by atoms with van der Waals surface area (Å²) in [6, 6.07) is 7.89. The maximum atomic E-state index is 13.0. The molecule has 0 amide bonds. The minimum absolute atomic E-state index is 0.234. The maximum Gasteiger partial charge on any atom is 0.216 e. The van der Waals surface area contributed by atoms with Crippen LogP contribution in [0.15, 0.2) is 36.5 Å². The molecule has 0 N–H and O–H groups in total. The third-order valence-corrected chi connectivity index (χ3v) is 2.57. The summed E-state index contributed by atoms with van der Waals surface area (Å²) in [5.41, 5.74) is 0.828. The van der Waals surface area contributed by atoms with Crippen LogP contribution in [-0.4, -0.2) is 19.2 Å². The van der Waals surface area contributed by atoms with Crippen LogP contribution in [0.25, 0.3) is 0 Å². The van der Waals surface area contributed by atoms with E-state index in [4.69, 9.17) is 14.2 Å². The minimum Gasteiger partial charge on any atom is -0.497 e. The Bertz CT molecular complexity index is 560. The molecule has 1 aromatic carbocycles. The molecule has 2 aromatic rings. The molecule has 1 heterocycles. The van der Waals surface area contributed by atoms with Crippen LogP contribution in [0.4, 0.5) is 4.39 Å². The summed E-state index contributed by atoms with van der Waals surface area (Å²) >= 11 is 0. The number of benzene rings is 1. The molecule has 0 radical (unpaired) electrons. The number of hydrogen-bond acceptors (Lipinski definition) is 4. The zero-order valence-corrected chi connectivity index (χ0v) is 10.7. The Morgan fingerprint density at radius 1 is 1.11 bits per heavy atom. The first-order valence-electron chi connectivity index (χ1n) is 5.68. The van der Waals surface area contributed by atoms with Crippen LogP contribution in [0.1, 0.15) is 5.56 Å². The largest absolute Gasteiger partial charge is 0.497 e. The fourth-order valence-electron chi connectivity index (χ4n) is 1.59. The van der Waals surface area contributed by atoms with Crippen molar-refractivity contribution in [2.45, 2.75) is 6.61 Å². The first-order chi connectivity index (χ1) is 9.22. The van der Waals surface area contributed by atoms with Crippen molar-refractivity contribution in [2.75, 3.05) is 14.2 Å². The summed E-state index contributed by atoms with van der Waals surface area (Å²) in [5.74, 6) is 1.20. The van der Waals surface area contributed by atoms with E-state index in [-0.39, 0.29) is 18.3 Å². The molecule has 19 heavy (non-hydrogen) atoms.